The number of Topliss-reactive ketones (excluding diaryl/α,β-unsaturated/α-hetero) is 1. The maximum absolute atomic E-state index is 13.8. The van der Waals surface area contributed by atoms with Crippen LogP contribution in [0.3, 0.4) is 0 Å². The fourth-order valence-electron chi connectivity index (χ4n) is 8.69. The summed E-state index contributed by atoms with van der Waals surface area (Å²) in [5.41, 5.74) is 3.42. The predicted molar refractivity (Wildman–Crippen MR) is 130 cm³/mol. The second-order valence-corrected chi connectivity index (χ2v) is 11.9. The lowest BCUT2D eigenvalue weighted by molar-refractivity contribution is -0.159. The van der Waals surface area contributed by atoms with Crippen LogP contribution in [0.4, 0.5) is 0 Å². The van der Waals surface area contributed by atoms with Crippen molar-refractivity contribution in [2.45, 2.75) is 69.2 Å². The van der Waals surface area contributed by atoms with Crippen molar-refractivity contribution in [2.24, 2.45) is 35.5 Å². The van der Waals surface area contributed by atoms with Gasteiger partial charge in [0.1, 0.15) is 12.2 Å². The summed E-state index contributed by atoms with van der Waals surface area (Å²) in [6, 6.07) is 0. The molecule has 6 heteroatoms. The molecule has 1 spiro atoms. The van der Waals surface area contributed by atoms with Crippen LogP contribution in [0.15, 0.2) is 59.9 Å². The topological polar surface area (TPSA) is 78.9 Å². The van der Waals surface area contributed by atoms with E-state index in [9.17, 15) is 14.4 Å². The Kier molecular flexibility index (Phi) is 4.54. The summed E-state index contributed by atoms with van der Waals surface area (Å²) < 4.78 is 18.7. The lowest BCUT2D eigenvalue weighted by atomic mass is 9.72. The van der Waals surface area contributed by atoms with E-state index in [1.165, 1.54) is 5.57 Å². The van der Waals surface area contributed by atoms with E-state index in [4.69, 9.17) is 14.2 Å². The number of carbonyl (C=O) groups excluding carboxylic acids is 3. The van der Waals surface area contributed by atoms with Crippen molar-refractivity contribution in [3.63, 3.8) is 0 Å². The first kappa shape index (κ1) is 22.3. The third-order valence-electron chi connectivity index (χ3n) is 10.5. The first-order chi connectivity index (χ1) is 17.2. The van der Waals surface area contributed by atoms with Crippen LogP contribution in [-0.2, 0) is 28.6 Å². The van der Waals surface area contributed by atoms with Gasteiger partial charge in [0.05, 0.1) is 11.7 Å². The number of esters is 2. The largest absolute Gasteiger partial charge is 0.483 e. The molecule has 188 valence electrons. The van der Waals surface area contributed by atoms with Gasteiger partial charge in [-0.25, -0.2) is 9.59 Å². The first-order valence-corrected chi connectivity index (χ1v) is 13.3. The molecule has 0 aromatic rings. The van der Waals surface area contributed by atoms with Gasteiger partial charge in [-0.1, -0.05) is 37.5 Å². The van der Waals surface area contributed by atoms with Crippen molar-refractivity contribution in [1.82, 2.24) is 0 Å². The molecule has 2 saturated heterocycles. The normalized spacial score (nSPS) is 45.4. The molecule has 0 aromatic heterocycles. The van der Waals surface area contributed by atoms with Crippen LogP contribution in [0.25, 0.3) is 0 Å². The van der Waals surface area contributed by atoms with Crippen molar-refractivity contribution in [1.29, 1.82) is 0 Å². The number of carbonyl (C=O) groups is 3. The van der Waals surface area contributed by atoms with E-state index in [1.807, 2.05) is 0 Å². The van der Waals surface area contributed by atoms with Crippen LogP contribution in [0.2, 0.25) is 0 Å². The molecule has 0 radical (unpaired) electrons. The van der Waals surface area contributed by atoms with Gasteiger partial charge in [0, 0.05) is 41.7 Å². The van der Waals surface area contributed by atoms with Gasteiger partial charge in [0.2, 0.25) is 0 Å². The second-order valence-electron chi connectivity index (χ2n) is 11.9. The Bertz CT molecular complexity index is 1220. The van der Waals surface area contributed by atoms with Gasteiger partial charge in [0.25, 0.3) is 0 Å². The lowest BCUT2D eigenvalue weighted by Crippen LogP contribution is -2.51. The Labute approximate surface area is 211 Å². The van der Waals surface area contributed by atoms with Gasteiger partial charge < -0.3 is 14.2 Å². The Morgan fingerprint density at radius 1 is 0.722 bits per heavy atom. The molecular weight excluding hydrogens is 456 g/mol. The van der Waals surface area contributed by atoms with Crippen LogP contribution >= 0.6 is 0 Å². The lowest BCUT2D eigenvalue weighted by Gasteiger charge is -2.43. The highest BCUT2D eigenvalue weighted by atomic mass is 16.6. The smallest absolute Gasteiger partial charge is 0.334 e. The summed E-state index contributed by atoms with van der Waals surface area (Å²) in [4.78, 5) is 38.7. The molecule has 36 heavy (non-hydrogen) atoms. The van der Waals surface area contributed by atoms with Crippen molar-refractivity contribution in [3.05, 3.63) is 59.9 Å². The molecule has 9 atom stereocenters. The molecule has 0 amide bonds. The quantitative estimate of drug-likeness (QED) is 0.283. The molecular formula is C30H32O6. The van der Waals surface area contributed by atoms with Crippen LogP contribution in [0.1, 0.15) is 51.4 Å². The highest BCUT2D eigenvalue weighted by molar-refractivity contribution is 5.94. The average molecular weight is 489 g/mol. The molecule has 7 rings (SSSR count). The molecule has 3 heterocycles. The highest BCUT2D eigenvalue weighted by Crippen LogP contribution is 2.61. The molecule has 0 N–H and O–H groups in total. The van der Waals surface area contributed by atoms with Gasteiger partial charge in [-0.15, -0.1) is 0 Å². The molecule has 0 aromatic carbocycles. The molecule has 6 nitrogen and oxygen atoms in total. The van der Waals surface area contributed by atoms with Gasteiger partial charge >= 0.3 is 11.9 Å². The van der Waals surface area contributed by atoms with Crippen LogP contribution in [0.5, 0.6) is 0 Å². The van der Waals surface area contributed by atoms with Crippen LogP contribution in [-0.4, -0.2) is 35.5 Å². The number of ether oxygens (including phenoxy) is 3. The number of ketones is 1. The maximum atomic E-state index is 13.8. The molecule has 7 aliphatic rings. The van der Waals surface area contributed by atoms with E-state index < -0.39 is 11.7 Å². The zero-order valence-corrected chi connectivity index (χ0v) is 20.6. The minimum absolute atomic E-state index is 0.000618. The number of fused-ring (bicyclic) bond motifs is 8. The average Bonchev–Trinajstić information content (AvgIpc) is 3.47. The number of allylic oxidation sites excluding steroid dienone is 3. The van der Waals surface area contributed by atoms with E-state index in [2.05, 4.69) is 26.3 Å². The molecule has 0 bridgehead atoms. The van der Waals surface area contributed by atoms with E-state index in [0.29, 0.717) is 36.8 Å². The molecule has 4 aliphatic carbocycles. The monoisotopic (exact) mass is 488 g/mol. The second kappa shape index (κ2) is 7.33. The molecule has 0 unspecified atom stereocenters. The van der Waals surface area contributed by atoms with Gasteiger partial charge in [0.15, 0.2) is 11.4 Å². The van der Waals surface area contributed by atoms with Gasteiger partial charge in [-0.2, -0.15) is 0 Å². The summed E-state index contributed by atoms with van der Waals surface area (Å²) in [6.45, 7) is 16.8. The summed E-state index contributed by atoms with van der Waals surface area (Å²) in [7, 11) is 0. The third-order valence-corrected chi connectivity index (χ3v) is 10.5. The number of hydrogen-bond acceptors (Lipinski definition) is 6. The van der Waals surface area contributed by atoms with E-state index >= 15 is 0 Å². The maximum Gasteiger partial charge on any atom is 0.334 e. The molecule has 3 aliphatic heterocycles. The Morgan fingerprint density at radius 3 is 2.03 bits per heavy atom. The Balaban J connectivity index is 1.28. The van der Waals surface area contributed by atoms with E-state index in [1.54, 1.807) is 0 Å². The third kappa shape index (κ3) is 2.71. The zero-order chi connectivity index (χ0) is 25.1. The van der Waals surface area contributed by atoms with Crippen LogP contribution < -0.4 is 0 Å². The fraction of sp³-hybridized carbons (Fsp3) is 0.567. The fourth-order valence-corrected chi connectivity index (χ4v) is 8.69. The van der Waals surface area contributed by atoms with Gasteiger partial charge in [-0.3, -0.25) is 4.79 Å². The van der Waals surface area contributed by atoms with Gasteiger partial charge in [-0.05, 0) is 55.9 Å². The number of rotatable bonds is 0. The van der Waals surface area contributed by atoms with E-state index in [-0.39, 0.29) is 59.3 Å². The minimum atomic E-state index is -1.02. The number of hydrogen-bond donors (Lipinski definition) is 0. The van der Waals surface area contributed by atoms with Crippen molar-refractivity contribution < 1.29 is 28.6 Å². The summed E-state index contributed by atoms with van der Waals surface area (Å²) in [5.74, 6) is 0.0320. The minimum Gasteiger partial charge on any atom is -0.483 e. The van der Waals surface area contributed by atoms with Crippen LogP contribution in [0, 0.1) is 35.5 Å². The van der Waals surface area contributed by atoms with Crippen molar-refractivity contribution in [2.75, 3.05) is 0 Å². The Hall–Kier alpha value is -2.89. The highest BCUT2D eigenvalue weighted by Gasteiger charge is 2.66. The standard InChI is InChI=1S/C30H32O6/c1-13-5-7-17-15(3)28(32)34-26(17)24-19-9-10-30(36-22(19)11-20(13)24)23(31)12-21-14(2)6-8-18-16(4)29(33)35-27(18)25(21)30/h17-18,20-21,24-27H,1-12H2/t17-,18-,20-,21-,24-,25-,26-,27-,30+/m0/s1. The summed E-state index contributed by atoms with van der Waals surface area (Å²) in [6.07, 6.45) is 4.81. The molecule has 3 saturated carbocycles. The van der Waals surface area contributed by atoms with Crippen molar-refractivity contribution >= 4 is 17.7 Å². The SMILES string of the molecule is C=C1C(=O)O[C@@H]2[C@H]3C4=C(C[C@H]3C(=C)CC[C@@H]12)O[C@]1(CC4)C(=O)C[C@H]2C(=C)CC[C@H]3C(=C)C(=O)O[C@@H]3[C@H]21. The zero-order valence-electron chi connectivity index (χ0n) is 20.6. The Morgan fingerprint density at radius 2 is 1.33 bits per heavy atom. The van der Waals surface area contributed by atoms with E-state index in [0.717, 1.165) is 42.6 Å². The summed E-state index contributed by atoms with van der Waals surface area (Å²) in [5, 5.41) is 0. The van der Waals surface area contributed by atoms with Crippen molar-refractivity contribution in [3.8, 4) is 0 Å². The predicted octanol–water partition coefficient (Wildman–Crippen LogP) is 4.53. The first-order valence-electron chi connectivity index (χ1n) is 13.3. The molecule has 5 fully saturated rings. The summed E-state index contributed by atoms with van der Waals surface area (Å²) >= 11 is 0.